The van der Waals surface area contributed by atoms with E-state index in [0.29, 0.717) is 0 Å². The summed E-state index contributed by atoms with van der Waals surface area (Å²) in [7, 11) is 0. The van der Waals surface area contributed by atoms with Crippen molar-refractivity contribution < 1.29 is 0 Å². The summed E-state index contributed by atoms with van der Waals surface area (Å²) >= 11 is 0. The van der Waals surface area contributed by atoms with Crippen molar-refractivity contribution in [1.82, 2.24) is 0 Å². The van der Waals surface area contributed by atoms with E-state index in [1.165, 1.54) is 25.7 Å². The van der Waals surface area contributed by atoms with E-state index in [-0.39, 0.29) is 0 Å². The van der Waals surface area contributed by atoms with Gasteiger partial charge in [-0.3, -0.25) is 0 Å². The highest BCUT2D eigenvalue weighted by Gasteiger charge is 1.99. The molecule has 0 bridgehead atoms. The molecule has 0 aromatic rings. The van der Waals surface area contributed by atoms with Gasteiger partial charge in [-0.2, -0.15) is 0 Å². The highest BCUT2D eigenvalue weighted by molar-refractivity contribution is 5.05. The summed E-state index contributed by atoms with van der Waals surface area (Å²) in [5, 5.41) is 0. The largest absolute Gasteiger partial charge is 0.0853 e. The molecule has 9 heavy (non-hydrogen) atoms. The fourth-order valence-electron chi connectivity index (χ4n) is 1.06. The molecule has 0 N–H and O–H groups in total. The van der Waals surface area contributed by atoms with E-state index in [1.807, 2.05) is 13.8 Å². The molecule has 0 heteroatoms. The Bertz CT molecular complexity index is 80.0. The van der Waals surface area contributed by atoms with Gasteiger partial charge in [0.15, 0.2) is 0 Å². The second-order valence-electron chi connectivity index (χ2n) is 2.11. The molecule has 0 spiro atoms. The third kappa shape index (κ3) is 3.34. The highest BCUT2D eigenvalue weighted by atomic mass is 14.0. The van der Waals surface area contributed by atoms with Crippen molar-refractivity contribution in [3.05, 3.63) is 11.6 Å². The quantitative estimate of drug-likeness (QED) is 0.471. The summed E-state index contributed by atoms with van der Waals surface area (Å²) in [6.07, 6.45) is 7.77. The predicted molar refractivity (Wildman–Crippen MR) is 43.6 cm³/mol. The molecule has 0 amide bonds. The first kappa shape index (κ1) is 8.74. The van der Waals surface area contributed by atoms with Crippen molar-refractivity contribution in [2.24, 2.45) is 0 Å². The Kier molecular flexibility index (Phi) is 5.70. The van der Waals surface area contributed by atoms with Crippen molar-refractivity contribution in [3.63, 3.8) is 0 Å². The summed E-state index contributed by atoms with van der Waals surface area (Å²) < 4.78 is 0. The summed E-state index contributed by atoms with van der Waals surface area (Å²) in [6.45, 7) is 6.23. The molecule has 1 aliphatic carbocycles. The summed E-state index contributed by atoms with van der Waals surface area (Å²) in [5.41, 5.74) is 1.67. The van der Waals surface area contributed by atoms with Gasteiger partial charge < -0.3 is 0 Å². The van der Waals surface area contributed by atoms with Crippen LogP contribution in [-0.2, 0) is 0 Å². The first-order valence-electron chi connectivity index (χ1n) is 4.11. The van der Waals surface area contributed by atoms with Gasteiger partial charge in [0, 0.05) is 0 Å². The van der Waals surface area contributed by atoms with Crippen LogP contribution in [0, 0.1) is 0 Å². The average molecular weight is 126 g/mol. The molecule has 54 valence electrons. The van der Waals surface area contributed by atoms with E-state index in [9.17, 15) is 0 Å². The lowest BCUT2D eigenvalue weighted by Crippen LogP contribution is -1.68. The second kappa shape index (κ2) is 5.87. The third-order valence-corrected chi connectivity index (χ3v) is 1.59. The molecule has 0 aliphatic heterocycles. The molecule has 0 heterocycles. The summed E-state index contributed by atoms with van der Waals surface area (Å²) in [6, 6.07) is 0. The fourth-order valence-corrected chi connectivity index (χ4v) is 1.06. The van der Waals surface area contributed by atoms with Crippen LogP contribution < -0.4 is 0 Å². The Hall–Kier alpha value is -0.260. The topological polar surface area (TPSA) is 0 Å². The number of allylic oxidation sites excluding steroid dienone is 2. The molecule has 0 radical (unpaired) electrons. The Morgan fingerprint density at radius 2 is 2.11 bits per heavy atom. The molecule has 0 unspecified atom stereocenters. The zero-order valence-electron chi connectivity index (χ0n) is 6.91. The molecule has 0 aromatic carbocycles. The Balaban J connectivity index is 0.000000291. The summed E-state index contributed by atoms with van der Waals surface area (Å²) in [5.74, 6) is 0. The molecule has 0 atom stereocenters. The van der Waals surface area contributed by atoms with Gasteiger partial charge in [0.2, 0.25) is 0 Å². The van der Waals surface area contributed by atoms with E-state index >= 15 is 0 Å². The lowest BCUT2D eigenvalue weighted by molar-refractivity contribution is 0.879. The first-order valence-corrected chi connectivity index (χ1v) is 4.11. The van der Waals surface area contributed by atoms with Crippen molar-refractivity contribution in [2.45, 2.75) is 46.5 Å². The molecule has 0 fully saturated rings. The lowest BCUT2D eigenvalue weighted by atomic mass is 10.2. The average Bonchev–Trinajstić information content (AvgIpc) is 2.43. The van der Waals surface area contributed by atoms with Gasteiger partial charge in [0.1, 0.15) is 0 Å². The van der Waals surface area contributed by atoms with Crippen LogP contribution in [0.3, 0.4) is 0 Å². The summed E-state index contributed by atoms with van der Waals surface area (Å²) in [4.78, 5) is 0. The standard InChI is InChI=1S/C7H12.C2H6/c1-2-7-5-3-4-6-7;1-2/h5H,2-4,6H2,1H3;1-2H3. The molecule has 0 saturated carbocycles. The van der Waals surface area contributed by atoms with Gasteiger partial charge in [0.25, 0.3) is 0 Å². The minimum Gasteiger partial charge on any atom is -0.0853 e. The molecule has 1 aliphatic rings. The van der Waals surface area contributed by atoms with Crippen LogP contribution in [-0.4, -0.2) is 0 Å². The van der Waals surface area contributed by atoms with E-state index in [1.54, 1.807) is 5.57 Å². The molecular weight excluding hydrogens is 108 g/mol. The van der Waals surface area contributed by atoms with Crippen LogP contribution in [0.2, 0.25) is 0 Å². The third-order valence-electron chi connectivity index (χ3n) is 1.59. The minimum absolute atomic E-state index is 1.28. The maximum Gasteiger partial charge on any atom is -0.0317 e. The Morgan fingerprint density at radius 3 is 2.33 bits per heavy atom. The van der Waals surface area contributed by atoms with Gasteiger partial charge >= 0.3 is 0 Å². The van der Waals surface area contributed by atoms with E-state index in [4.69, 9.17) is 0 Å². The van der Waals surface area contributed by atoms with E-state index in [2.05, 4.69) is 13.0 Å². The van der Waals surface area contributed by atoms with Crippen LogP contribution in [0.5, 0.6) is 0 Å². The zero-order chi connectivity index (χ0) is 7.11. The van der Waals surface area contributed by atoms with Gasteiger partial charge in [-0.05, 0) is 25.7 Å². The number of hydrogen-bond donors (Lipinski definition) is 0. The Morgan fingerprint density at radius 1 is 1.44 bits per heavy atom. The zero-order valence-corrected chi connectivity index (χ0v) is 6.91. The lowest BCUT2D eigenvalue weighted by Gasteiger charge is -1.88. The predicted octanol–water partition coefficient (Wildman–Crippen LogP) is 3.53. The maximum atomic E-state index is 2.38. The minimum atomic E-state index is 1.28. The SMILES string of the molecule is CC.CCC1=CCCC1. The van der Waals surface area contributed by atoms with Gasteiger partial charge in [-0.25, -0.2) is 0 Å². The van der Waals surface area contributed by atoms with Crippen molar-refractivity contribution in [2.75, 3.05) is 0 Å². The molecular formula is C9H18. The van der Waals surface area contributed by atoms with Crippen LogP contribution in [0.15, 0.2) is 11.6 Å². The maximum absolute atomic E-state index is 2.38. The molecule has 0 saturated heterocycles. The van der Waals surface area contributed by atoms with Crippen LogP contribution in [0.25, 0.3) is 0 Å². The van der Waals surface area contributed by atoms with Gasteiger partial charge in [0.05, 0.1) is 0 Å². The van der Waals surface area contributed by atoms with Crippen LogP contribution >= 0.6 is 0 Å². The normalized spacial score (nSPS) is 16.1. The van der Waals surface area contributed by atoms with E-state index in [0.717, 1.165) is 0 Å². The second-order valence-corrected chi connectivity index (χ2v) is 2.11. The molecule has 1 rings (SSSR count). The van der Waals surface area contributed by atoms with Crippen LogP contribution in [0.4, 0.5) is 0 Å². The van der Waals surface area contributed by atoms with Crippen molar-refractivity contribution in [3.8, 4) is 0 Å². The van der Waals surface area contributed by atoms with E-state index < -0.39 is 0 Å². The highest BCUT2D eigenvalue weighted by Crippen LogP contribution is 2.19. The molecule has 0 nitrogen and oxygen atoms in total. The number of rotatable bonds is 1. The van der Waals surface area contributed by atoms with Crippen LogP contribution in [0.1, 0.15) is 46.5 Å². The van der Waals surface area contributed by atoms with Crippen molar-refractivity contribution in [1.29, 1.82) is 0 Å². The molecule has 0 aromatic heterocycles. The van der Waals surface area contributed by atoms with Gasteiger partial charge in [-0.15, -0.1) is 0 Å². The number of hydrogen-bond acceptors (Lipinski definition) is 0. The van der Waals surface area contributed by atoms with Gasteiger partial charge in [-0.1, -0.05) is 32.4 Å². The van der Waals surface area contributed by atoms with Crippen molar-refractivity contribution >= 4 is 0 Å². The first-order chi connectivity index (χ1) is 4.43. The monoisotopic (exact) mass is 126 g/mol. The Labute approximate surface area is 59.0 Å². The fraction of sp³-hybridized carbons (Fsp3) is 0.778. The smallest absolute Gasteiger partial charge is 0.0317 e.